The first-order chi connectivity index (χ1) is 4.93. The molecule has 0 aromatic heterocycles. The molecule has 0 radical (unpaired) electrons. The van der Waals surface area contributed by atoms with Crippen LogP contribution < -0.4 is 0 Å². The average Bonchev–Trinajstić information content (AvgIpc) is 1.90. The van der Waals surface area contributed by atoms with E-state index < -0.39 is 21.5 Å². The summed E-state index contributed by atoms with van der Waals surface area (Å²) < 4.78 is 27.5. The predicted molar refractivity (Wildman–Crippen MR) is 37.3 cm³/mol. The molecule has 0 aliphatic rings. The molecule has 2 N–H and O–H groups in total. The smallest absolute Gasteiger partial charge is 0.286 e. The van der Waals surface area contributed by atoms with Crippen LogP contribution in [0.4, 0.5) is 0 Å². The number of aliphatic hydroxyl groups is 1. The molecule has 0 aromatic rings. The molecule has 0 aliphatic carbocycles. The lowest BCUT2D eigenvalue weighted by Crippen LogP contribution is -2.39. The van der Waals surface area contributed by atoms with Crippen molar-refractivity contribution in [2.75, 3.05) is 6.61 Å². The lowest BCUT2D eigenvalue weighted by atomic mass is 10.1. The van der Waals surface area contributed by atoms with Gasteiger partial charge in [-0.05, 0) is 6.42 Å². The molecule has 0 fully saturated rings. The Kier molecular flexibility index (Phi) is 2.99. The molecule has 5 nitrogen and oxygen atoms in total. The predicted octanol–water partition coefficient (Wildman–Crippen LogP) is -0.461. The fourth-order valence-corrected chi connectivity index (χ4v) is 1.19. The molecule has 0 heterocycles. The Labute approximate surface area is 65.0 Å². The SMILES string of the molecule is CCC(C#N)(CO)S(=O)(=O)O. The molecule has 0 spiro atoms. The Morgan fingerprint density at radius 1 is 1.64 bits per heavy atom. The fourth-order valence-electron chi connectivity index (χ4n) is 0.548. The van der Waals surface area contributed by atoms with Crippen LogP contribution in [0.1, 0.15) is 13.3 Å². The van der Waals surface area contributed by atoms with Crippen molar-refractivity contribution in [1.82, 2.24) is 0 Å². The van der Waals surface area contributed by atoms with Crippen LogP contribution in [0.2, 0.25) is 0 Å². The van der Waals surface area contributed by atoms with E-state index in [1.54, 1.807) is 0 Å². The zero-order valence-corrected chi connectivity index (χ0v) is 6.80. The summed E-state index contributed by atoms with van der Waals surface area (Å²) in [6.07, 6.45) is -0.140. The van der Waals surface area contributed by atoms with Crippen LogP contribution in [0.25, 0.3) is 0 Å². The first kappa shape index (κ1) is 10.4. The van der Waals surface area contributed by atoms with Gasteiger partial charge in [-0.1, -0.05) is 6.92 Å². The molecule has 1 unspecified atom stereocenters. The van der Waals surface area contributed by atoms with E-state index >= 15 is 0 Å². The number of rotatable bonds is 3. The zero-order valence-electron chi connectivity index (χ0n) is 5.98. The summed E-state index contributed by atoms with van der Waals surface area (Å²) in [5.41, 5.74) is 0. The van der Waals surface area contributed by atoms with Gasteiger partial charge >= 0.3 is 0 Å². The fraction of sp³-hybridized carbons (Fsp3) is 0.800. The molecular formula is C5H9NO4S. The van der Waals surface area contributed by atoms with E-state index in [4.69, 9.17) is 14.9 Å². The molecule has 1 atom stereocenters. The Morgan fingerprint density at radius 3 is 2.09 bits per heavy atom. The maximum absolute atomic E-state index is 10.5. The van der Waals surface area contributed by atoms with Crippen molar-refractivity contribution in [3.05, 3.63) is 0 Å². The first-order valence-corrected chi connectivity index (χ1v) is 4.36. The lowest BCUT2D eigenvalue weighted by Gasteiger charge is -2.17. The van der Waals surface area contributed by atoms with Crippen LogP contribution in [0, 0.1) is 11.3 Å². The standard InChI is InChI=1S/C5H9NO4S/c1-2-5(3-6,4-7)11(8,9)10/h7H,2,4H2,1H3,(H,8,9,10). The Bertz CT molecular complexity index is 259. The minimum atomic E-state index is -4.49. The van der Waals surface area contributed by atoms with Gasteiger partial charge in [-0.2, -0.15) is 13.7 Å². The van der Waals surface area contributed by atoms with E-state index in [0.29, 0.717) is 0 Å². The van der Waals surface area contributed by atoms with Gasteiger partial charge in [0.05, 0.1) is 12.7 Å². The highest BCUT2D eigenvalue weighted by Gasteiger charge is 2.41. The molecule has 0 aromatic carbocycles. The van der Waals surface area contributed by atoms with Crippen LogP contribution in [-0.4, -0.2) is 29.4 Å². The van der Waals surface area contributed by atoms with Crippen molar-refractivity contribution in [2.45, 2.75) is 18.1 Å². The Balaban J connectivity index is 5.07. The van der Waals surface area contributed by atoms with Crippen molar-refractivity contribution < 1.29 is 18.1 Å². The number of nitriles is 1. The van der Waals surface area contributed by atoms with Gasteiger partial charge in [0.1, 0.15) is 0 Å². The third-order valence-corrected chi connectivity index (χ3v) is 3.02. The first-order valence-electron chi connectivity index (χ1n) is 2.92. The monoisotopic (exact) mass is 179 g/mol. The van der Waals surface area contributed by atoms with Crippen LogP contribution in [0.15, 0.2) is 0 Å². The molecule has 11 heavy (non-hydrogen) atoms. The number of aliphatic hydroxyl groups excluding tert-OH is 1. The van der Waals surface area contributed by atoms with Crippen molar-refractivity contribution in [3.8, 4) is 6.07 Å². The van der Waals surface area contributed by atoms with Crippen LogP contribution in [-0.2, 0) is 10.1 Å². The summed E-state index contributed by atoms with van der Waals surface area (Å²) in [4.78, 5) is 0. The molecule has 0 amide bonds. The van der Waals surface area contributed by atoms with E-state index in [-0.39, 0.29) is 6.42 Å². The van der Waals surface area contributed by atoms with Gasteiger partial charge in [-0.25, -0.2) is 0 Å². The highest BCUT2D eigenvalue weighted by atomic mass is 32.2. The largest absolute Gasteiger partial charge is 0.394 e. The molecule has 0 saturated carbocycles. The third kappa shape index (κ3) is 1.68. The maximum atomic E-state index is 10.5. The lowest BCUT2D eigenvalue weighted by molar-refractivity contribution is 0.254. The third-order valence-electron chi connectivity index (χ3n) is 1.52. The minimum absolute atomic E-state index is 0.140. The second kappa shape index (κ2) is 3.17. The van der Waals surface area contributed by atoms with E-state index in [9.17, 15) is 8.42 Å². The molecule has 0 saturated heterocycles. The van der Waals surface area contributed by atoms with Gasteiger partial charge in [0.25, 0.3) is 10.1 Å². The van der Waals surface area contributed by atoms with Crippen molar-refractivity contribution in [1.29, 1.82) is 5.26 Å². The molecule has 64 valence electrons. The summed E-state index contributed by atoms with van der Waals surface area (Å²) in [5, 5.41) is 16.9. The van der Waals surface area contributed by atoms with Gasteiger partial charge in [0, 0.05) is 0 Å². The molecule has 6 heteroatoms. The normalized spacial score (nSPS) is 16.9. The van der Waals surface area contributed by atoms with Crippen molar-refractivity contribution >= 4 is 10.1 Å². The minimum Gasteiger partial charge on any atom is -0.394 e. The number of hydrogen-bond donors (Lipinski definition) is 2. The van der Waals surface area contributed by atoms with Crippen molar-refractivity contribution in [3.63, 3.8) is 0 Å². The molecular weight excluding hydrogens is 170 g/mol. The quantitative estimate of drug-likeness (QED) is 0.571. The average molecular weight is 179 g/mol. The van der Waals surface area contributed by atoms with Crippen LogP contribution >= 0.6 is 0 Å². The highest BCUT2D eigenvalue weighted by Crippen LogP contribution is 2.18. The Morgan fingerprint density at radius 2 is 2.09 bits per heavy atom. The molecule has 0 bridgehead atoms. The second-order valence-electron chi connectivity index (χ2n) is 2.09. The Hall–Kier alpha value is -0.640. The van der Waals surface area contributed by atoms with Crippen molar-refractivity contribution in [2.24, 2.45) is 0 Å². The second-order valence-corrected chi connectivity index (χ2v) is 3.82. The van der Waals surface area contributed by atoms with Crippen LogP contribution in [0.3, 0.4) is 0 Å². The maximum Gasteiger partial charge on any atom is 0.286 e. The van der Waals surface area contributed by atoms with E-state index in [2.05, 4.69) is 0 Å². The van der Waals surface area contributed by atoms with Crippen LogP contribution in [0.5, 0.6) is 0 Å². The summed E-state index contributed by atoms with van der Waals surface area (Å²) in [5.74, 6) is 0. The zero-order chi connectivity index (χ0) is 9.12. The molecule has 0 rings (SSSR count). The topological polar surface area (TPSA) is 98.4 Å². The van der Waals surface area contributed by atoms with Gasteiger partial charge < -0.3 is 5.11 Å². The summed E-state index contributed by atoms with van der Waals surface area (Å²) in [7, 11) is -4.49. The van der Waals surface area contributed by atoms with E-state index in [1.165, 1.54) is 13.0 Å². The number of hydrogen-bond acceptors (Lipinski definition) is 4. The highest BCUT2D eigenvalue weighted by molar-refractivity contribution is 7.87. The van der Waals surface area contributed by atoms with E-state index in [0.717, 1.165) is 0 Å². The van der Waals surface area contributed by atoms with E-state index in [1.807, 2.05) is 0 Å². The summed E-state index contributed by atoms with van der Waals surface area (Å²) >= 11 is 0. The van der Waals surface area contributed by atoms with Gasteiger partial charge in [-0.15, -0.1) is 0 Å². The van der Waals surface area contributed by atoms with Gasteiger partial charge in [-0.3, -0.25) is 4.55 Å². The summed E-state index contributed by atoms with van der Waals surface area (Å²) in [6.45, 7) is 0.506. The summed E-state index contributed by atoms with van der Waals surface area (Å²) in [6, 6.07) is 1.37. The van der Waals surface area contributed by atoms with Gasteiger partial charge in [0.15, 0.2) is 0 Å². The number of nitrogens with zero attached hydrogens (tertiary/aromatic N) is 1. The van der Waals surface area contributed by atoms with Gasteiger partial charge in [0.2, 0.25) is 4.75 Å². The molecule has 0 aliphatic heterocycles.